The molecule has 0 saturated heterocycles. The van der Waals surface area contributed by atoms with Gasteiger partial charge in [0, 0.05) is 9.15 Å². The Kier molecular flexibility index (Phi) is 6.07. The fraction of sp³-hybridized carbons (Fsp3) is 0.273. The largest absolute Gasteiger partial charge is 0.497 e. The molecule has 1 aliphatic carbocycles. The lowest BCUT2D eigenvalue weighted by Crippen LogP contribution is -2.46. The predicted octanol–water partition coefficient (Wildman–Crippen LogP) is 4.38. The molecule has 2 aromatic carbocycles. The van der Waals surface area contributed by atoms with Gasteiger partial charge in [-0.1, -0.05) is 36.4 Å². The van der Waals surface area contributed by atoms with Crippen molar-refractivity contribution in [2.75, 3.05) is 20.3 Å². The summed E-state index contributed by atoms with van der Waals surface area (Å²) in [5.41, 5.74) is 0.994. The second kappa shape index (κ2) is 8.34. The lowest BCUT2D eigenvalue weighted by atomic mass is 9.74. The summed E-state index contributed by atoms with van der Waals surface area (Å²) >= 11 is 2.18. The van der Waals surface area contributed by atoms with Crippen molar-refractivity contribution in [1.82, 2.24) is 0 Å². The molecule has 0 unspecified atom stereocenters. The molecule has 0 bridgehead atoms. The SMILES string of the molecule is CCOC(=O)C1(C(=O)OCC)C(c2cccc(OC)c2)=C(I)c2ccccc21. The molecule has 0 amide bonds. The van der Waals surface area contributed by atoms with Crippen molar-refractivity contribution in [3.05, 3.63) is 65.2 Å². The van der Waals surface area contributed by atoms with E-state index in [9.17, 15) is 9.59 Å². The molecule has 0 atom stereocenters. The number of ether oxygens (including phenoxy) is 3. The minimum absolute atomic E-state index is 0.157. The molecule has 1 aliphatic rings. The number of benzene rings is 2. The summed E-state index contributed by atoms with van der Waals surface area (Å²) in [6.45, 7) is 3.75. The summed E-state index contributed by atoms with van der Waals surface area (Å²) in [6.07, 6.45) is 0. The number of rotatable bonds is 6. The molecule has 0 aromatic heterocycles. The molecule has 146 valence electrons. The van der Waals surface area contributed by atoms with Crippen LogP contribution in [0.2, 0.25) is 0 Å². The Morgan fingerprint density at radius 3 is 2.21 bits per heavy atom. The van der Waals surface area contributed by atoms with Gasteiger partial charge in [-0.15, -0.1) is 0 Å². The normalized spacial score (nSPS) is 14.4. The Labute approximate surface area is 177 Å². The lowest BCUT2D eigenvalue weighted by Gasteiger charge is -2.29. The number of methoxy groups -OCH3 is 1. The molecule has 2 aromatic rings. The van der Waals surface area contributed by atoms with E-state index in [2.05, 4.69) is 22.6 Å². The molecule has 0 radical (unpaired) electrons. The van der Waals surface area contributed by atoms with Gasteiger partial charge in [-0.05, 0) is 65.3 Å². The number of carbonyl (C=O) groups excluding carboxylic acids is 2. The molecular formula is C22H21IO5. The van der Waals surface area contributed by atoms with Gasteiger partial charge in [-0.3, -0.25) is 9.59 Å². The first-order chi connectivity index (χ1) is 13.5. The van der Waals surface area contributed by atoms with Crippen molar-refractivity contribution in [1.29, 1.82) is 0 Å². The van der Waals surface area contributed by atoms with Gasteiger partial charge in [-0.2, -0.15) is 0 Å². The zero-order chi connectivity index (χ0) is 20.3. The number of fused-ring (bicyclic) bond motifs is 1. The van der Waals surface area contributed by atoms with Crippen LogP contribution in [0.4, 0.5) is 0 Å². The Morgan fingerprint density at radius 1 is 0.964 bits per heavy atom. The molecule has 0 spiro atoms. The fourth-order valence-electron chi connectivity index (χ4n) is 3.54. The maximum absolute atomic E-state index is 13.3. The summed E-state index contributed by atoms with van der Waals surface area (Å²) in [5, 5.41) is 0. The first-order valence-electron chi connectivity index (χ1n) is 9.01. The third-order valence-corrected chi connectivity index (χ3v) is 5.80. The molecule has 5 nitrogen and oxygen atoms in total. The lowest BCUT2D eigenvalue weighted by molar-refractivity contribution is -0.161. The van der Waals surface area contributed by atoms with E-state index in [0.29, 0.717) is 22.4 Å². The van der Waals surface area contributed by atoms with E-state index in [1.165, 1.54) is 0 Å². The highest BCUT2D eigenvalue weighted by molar-refractivity contribution is 14.1. The van der Waals surface area contributed by atoms with Gasteiger partial charge in [0.2, 0.25) is 5.41 Å². The van der Waals surface area contributed by atoms with E-state index >= 15 is 0 Å². The van der Waals surface area contributed by atoms with Crippen molar-refractivity contribution in [3.8, 4) is 5.75 Å². The molecule has 28 heavy (non-hydrogen) atoms. The van der Waals surface area contributed by atoms with Crippen LogP contribution in [0, 0.1) is 0 Å². The zero-order valence-electron chi connectivity index (χ0n) is 16.0. The van der Waals surface area contributed by atoms with E-state index < -0.39 is 17.4 Å². The van der Waals surface area contributed by atoms with Crippen LogP contribution in [0.3, 0.4) is 0 Å². The van der Waals surface area contributed by atoms with Gasteiger partial charge in [-0.25, -0.2) is 0 Å². The summed E-state index contributed by atoms with van der Waals surface area (Å²) < 4.78 is 17.0. The van der Waals surface area contributed by atoms with Gasteiger partial charge in [0.1, 0.15) is 5.75 Å². The van der Waals surface area contributed by atoms with E-state index in [4.69, 9.17) is 14.2 Å². The Hall–Kier alpha value is -2.35. The van der Waals surface area contributed by atoms with Gasteiger partial charge in [0.25, 0.3) is 0 Å². The second-order valence-corrected chi connectivity index (χ2v) is 7.24. The molecule has 0 heterocycles. The van der Waals surface area contributed by atoms with Gasteiger partial charge < -0.3 is 14.2 Å². The maximum atomic E-state index is 13.3. The zero-order valence-corrected chi connectivity index (χ0v) is 18.1. The Bertz CT molecular complexity index is 929. The maximum Gasteiger partial charge on any atom is 0.332 e. The fourth-order valence-corrected chi connectivity index (χ4v) is 4.73. The van der Waals surface area contributed by atoms with Crippen LogP contribution in [0.1, 0.15) is 30.5 Å². The number of carbonyl (C=O) groups is 2. The monoisotopic (exact) mass is 492 g/mol. The number of hydrogen-bond donors (Lipinski definition) is 0. The summed E-state index contributed by atoms with van der Waals surface area (Å²) in [5.74, 6) is -0.637. The van der Waals surface area contributed by atoms with Crippen LogP contribution in [-0.4, -0.2) is 32.3 Å². The average molecular weight is 492 g/mol. The third kappa shape index (κ3) is 3.09. The summed E-state index contributed by atoms with van der Waals surface area (Å²) in [4.78, 5) is 26.7. The molecular weight excluding hydrogens is 471 g/mol. The number of esters is 2. The van der Waals surface area contributed by atoms with E-state index in [1.54, 1.807) is 27.0 Å². The van der Waals surface area contributed by atoms with Crippen molar-refractivity contribution in [3.63, 3.8) is 0 Å². The standard InChI is InChI=1S/C22H21IO5/c1-4-27-20(24)22(21(25)28-5-2)17-12-7-6-11-16(17)19(23)18(22)14-9-8-10-15(13-14)26-3/h6-13H,4-5H2,1-3H3. The first kappa shape index (κ1) is 20.4. The highest BCUT2D eigenvalue weighted by Gasteiger charge is 2.59. The minimum Gasteiger partial charge on any atom is -0.497 e. The highest BCUT2D eigenvalue weighted by Crippen LogP contribution is 2.55. The number of hydrogen-bond acceptors (Lipinski definition) is 5. The molecule has 3 rings (SSSR count). The van der Waals surface area contributed by atoms with Crippen molar-refractivity contribution in [2.45, 2.75) is 19.3 Å². The minimum atomic E-state index is -1.68. The second-order valence-electron chi connectivity index (χ2n) is 6.16. The van der Waals surface area contributed by atoms with Gasteiger partial charge in [0.15, 0.2) is 0 Å². The van der Waals surface area contributed by atoms with E-state index in [0.717, 1.165) is 9.14 Å². The topological polar surface area (TPSA) is 61.8 Å². The van der Waals surface area contributed by atoms with E-state index in [-0.39, 0.29) is 13.2 Å². The smallest absolute Gasteiger partial charge is 0.332 e. The molecule has 6 heteroatoms. The molecule has 0 saturated carbocycles. The van der Waals surface area contributed by atoms with Crippen LogP contribution in [0.15, 0.2) is 48.5 Å². The average Bonchev–Trinajstić information content (AvgIpc) is 2.98. The molecule has 0 N–H and O–H groups in total. The predicted molar refractivity (Wildman–Crippen MR) is 115 cm³/mol. The number of halogens is 1. The van der Waals surface area contributed by atoms with E-state index in [1.807, 2.05) is 42.5 Å². The van der Waals surface area contributed by atoms with Gasteiger partial charge >= 0.3 is 11.9 Å². The molecule has 0 fully saturated rings. The van der Waals surface area contributed by atoms with Crippen LogP contribution >= 0.6 is 22.6 Å². The summed E-state index contributed by atoms with van der Waals surface area (Å²) in [6, 6.07) is 14.7. The molecule has 0 aliphatic heterocycles. The quantitative estimate of drug-likeness (QED) is 0.341. The van der Waals surface area contributed by atoms with Crippen LogP contribution in [-0.2, 0) is 24.5 Å². The third-order valence-electron chi connectivity index (χ3n) is 4.68. The first-order valence-corrected chi connectivity index (χ1v) is 10.1. The Balaban J connectivity index is 2.37. The summed E-state index contributed by atoms with van der Waals surface area (Å²) in [7, 11) is 1.58. The van der Waals surface area contributed by atoms with Crippen LogP contribution < -0.4 is 4.74 Å². The Morgan fingerprint density at radius 2 is 1.61 bits per heavy atom. The van der Waals surface area contributed by atoms with Crippen LogP contribution in [0.5, 0.6) is 5.75 Å². The van der Waals surface area contributed by atoms with Crippen LogP contribution in [0.25, 0.3) is 9.15 Å². The van der Waals surface area contributed by atoms with Crippen molar-refractivity contribution < 1.29 is 23.8 Å². The van der Waals surface area contributed by atoms with Crippen molar-refractivity contribution in [2.24, 2.45) is 0 Å². The van der Waals surface area contributed by atoms with Crippen molar-refractivity contribution >= 4 is 43.7 Å². The highest BCUT2D eigenvalue weighted by atomic mass is 127. The van der Waals surface area contributed by atoms with Gasteiger partial charge in [0.05, 0.1) is 20.3 Å².